The number of nitrogens with zero attached hydrogens (tertiary/aromatic N) is 1. The zero-order valence-electron chi connectivity index (χ0n) is 12.7. The molecule has 0 aromatic rings. The van der Waals surface area contributed by atoms with E-state index in [1.807, 2.05) is 6.07 Å². The zero-order chi connectivity index (χ0) is 15.5. The maximum Gasteiger partial charge on any atom is 0.223 e. The Kier molecular flexibility index (Phi) is 4.84. The fourth-order valence-electron chi connectivity index (χ4n) is 3.46. The highest BCUT2D eigenvalue weighted by atomic mass is 16.2. The lowest BCUT2D eigenvalue weighted by atomic mass is 9.99. The highest BCUT2D eigenvalue weighted by molar-refractivity contribution is 5.80. The minimum Gasteiger partial charge on any atom is -0.356 e. The summed E-state index contributed by atoms with van der Waals surface area (Å²) in [6, 6.07) is 1.38. The lowest BCUT2D eigenvalue weighted by Gasteiger charge is -2.10. The summed E-state index contributed by atoms with van der Waals surface area (Å²) in [6.07, 6.45) is 1.64. The van der Waals surface area contributed by atoms with Crippen molar-refractivity contribution < 1.29 is 9.59 Å². The molecule has 6 heteroatoms. The van der Waals surface area contributed by atoms with E-state index in [2.05, 4.69) is 29.8 Å². The molecule has 1 aliphatic carbocycles. The average molecular weight is 292 g/mol. The highest BCUT2D eigenvalue weighted by Crippen LogP contribution is 2.59. The van der Waals surface area contributed by atoms with Gasteiger partial charge in [-0.1, -0.05) is 13.8 Å². The molecule has 2 aliphatic heterocycles. The number of piperidine rings is 1. The van der Waals surface area contributed by atoms with Crippen molar-refractivity contribution in [3.8, 4) is 6.07 Å². The van der Waals surface area contributed by atoms with Gasteiger partial charge in [-0.05, 0) is 43.2 Å². The van der Waals surface area contributed by atoms with E-state index in [9.17, 15) is 9.59 Å². The van der Waals surface area contributed by atoms with E-state index in [1.165, 1.54) is 13.1 Å². The van der Waals surface area contributed by atoms with Crippen LogP contribution in [0.3, 0.4) is 0 Å². The van der Waals surface area contributed by atoms with Gasteiger partial charge in [0.1, 0.15) is 6.04 Å². The quantitative estimate of drug-likeness (QED) is 0.636. The molecule has 2 amide bonds. The molecule has 6 nitrogen and oxygen atoms in total. The van der Waals surface area contributed by atoms with Crippen LogP contribution in [0, 0.1) is 34.5 Å². The molecule has 0 radical (unpaired) electrons. The van der Waals surface area contributed by atoms with Crippen LogP contribution in [-0.4, -0.2) is 38.0 Å². The average Bonchev–Trinajstić information content (AvgIpc) is 2.92. The molecule has 0 spiro atoms. The molecule has 3 rings (SSSR count). The Morgan fingerprint density at radius 3 is 2.52 bits per heavy atom. The molecular formula is C15H24N4O2. The first kappa shape index (κ1) is 15.8. The molecule has 2 heterocycles. The number of carbonyl (C=O) groups is 2. The number of hydrogen-bond donors (Lipinski definition) is 3. The first-order chi connectivity index (χ1) is 10.0. The molecular weight excluding hydrogens is 268 g/mol. The fourth-order valence-corrected chi connectivity index (χ4v) is 3.46. The lowest BCUT2D eigenvalue weighted by Crippen LogP contribution is -2.31. The molecule has 4 atom stereocenters. The Morgan fingerprint density at radius 1 is 1.48 bits per heavy atom. The molecule has 116 valence electrons. The van der Waals surface area contributed by atoms with Gasteiger partial charge in [0, 0.05) is 12.5 Å². The SMILES string of the molecule is CC1(C)C2CNCC21.N#CC(CC1CCNC1=O)NC=O. The van der Waals surface area contributed by atoms with Crippen LogP contribution in [0.5, 0.6) is 0 Å². The molecule has 2 saturated heterocycles. The first-order valence-electron chi connectivity index (χ1n) is 7.58. The minimum atomic E-state index is -0.550. The van der Waals surface area contributed by atoms with Crippen molar-refractivity contribution >= 4 is 12.3 Å². The highest BCUT2D eigenvalue weighted by Gasteiger charge is 2.59. The summed E-state index contributed by atoms with van der Waals surface area (Å²) >= 11 is 0. The summed E-state index contributed by atoms with van der Waals surface area (Å²) in [5, 5.41) is 17.0. The third-order valence-electron chi connectivity index (χ3n) is 5.12. The summed E-state index contributed by atoms with van der Waals surface area (Å²) in [5.41, 5.74) is 0.700. The van der Waals surface area contributed by atoms with Crippen LogP contribution in [0.2, 0.25) is 0 Å². The first-order valence-corrected chi connectivity index (χ1v) is 7.58. The number of carbonyl (C=O) groups excluding carboxylic acids is 2. The smallest absolute Gasteiger partial charge is 0.223 e. The number of hydrogen-bond acceptors (Lipinski definition) is 4. The van der Waals surface area contributed by atoms with E-state index >= 15 is 0 Å². The zero-order valence-corrected chi connectivity index (χ0v) is 12.7. The van der Waals surface area contributed by atoms with E-state index in [0.29, 0.717) is 24.8 Å². The number of rotatable bonds is 4. The van der Waals surface area contributed by atoms with Crippen molar-refractivity contribution in [3.63, 3.8) is 0 Å². The predicted octanol–water partition coefficient (Wildman–Crippen LogP) is 0.0126. The van der Waals surface area contributed by atoms with Crippen LogP contribution >= 0.6 is 0 Å². The van der Waals surface area contributed by atoms with Gasteiger partial charge in [0.15, 0.2) is 0 Å². The monoisotopic (exact) mass is 292 g/mol. The molecule has 3 fully saturated rings. The number of amides is 2. The van der Waals surface area contributed by atoms with Crippen molar-refractivity contribution in [2.45, 2.75) is 32.7 Å². The Hall–Kier alpha value is -1.61. The Morgan fingerprint density at radius 2 is 2.14 bits per heavy atom. The third kappa shape index (κ3) is 3.53. The summed E-state index contributed by atoms with van der Waals surface area (Å²) < 4.78 is 0. The summed E-state index contributed by atoms with van der Waals surface area (Å²) in [5.74, 6) is 1.88. The molecule has 3 aliphatic rings. The van der Waals surface area contributed by atoms with E-state index < -0.39 is 6.04 Å². The molecule has 21 heavy (non-hydrogen) atoms. The number of fused-ring (bicyclic) bond motifs is 1. The lowest BCUT2D eigenvalue weighted by molar-refractivity contribution is -0.123. The van der Waals surface area contributed by atoms with E-state index in [1.54, 1.807) is 0 Å². The summed E-state index contributed by atoms with van der Waals surface area (Å²) in [4.78, 5) is 21.2. The molecule has 1 saturated carbocycles. The van der Waals surface area contributed by atoms with Crippen LogP contribution in [0.1, 0.15) is 26.7 Å². The van der Waals surface area contributed by atoms with Gasteiger partial charge in [0.25, 0.3) is 0 Å². The molecule has 0 bridgehead atoms. The second kappa shape index (κ2) is 6.44. The van der Waals surface area contributed by atoms with E-state index in [0.717, 1.165) is 18.3 Å². The van der Waals surface area contributed by atoms with Crippen molar-refractivity contribution in [1.82, 2.24) is 16.0 Å². The number of nitriles is 1. The van der Waals surface area contributed by atoms with Gasteiger partial charge in [-0.25, -0.2) is 0 Å². The molecule has 0 aromatic carbocycles. The second-order valence-corrected chi connectivity index (χ2v) is 6.67. The maximum atomic E-state index is 11.1. The molecule has 3 N–H and O–H groups in total. The molecule has 0 aromatic heterocycles. The van der Waals surface area contributed by atoms with E-state index in [-0.39, 0.29) is 11.8 Å². The van der Waals surface area contributed by atoms with Crippen molar-refractivity contribution in [3.05, 3.63) is 0 Å². The van der Waals surface area contributed by atoms with Gasteiger partial charge in [-0.2, -0.15) is 5.26 Å². The van der Waals surface area contributed by atoms with Gasteiger partial charge in [-0.3, -0.25) is 9.59 Å². The fraction of sp³-hybridized carbons (Fsp3) is 0.800. The third-order valence-corrected chi connectivity index (χ3v) is 5.12. The topological polar surface area (TPSA) is 94.0 Å². The van der Waals surface area contributed by atoms with Crippen molar-refractivity contribution in [2.24, 2.45) is 23.2 Å². The van der Waals surface area contributed by atoms with Crippen LogP contribution in [-0.2, 0) is 9.59 Å². The van der Waals surface area contributed by atoms with Gasteiger partial charge in [0.05, 0.1) is 6.07 Å². The van der Waals surface area contributed by atoms with Crippen LogP contribution in [0.4, 0.5) is 0 Å². The van der Waals surface area contributed by atoms with Gasteiger partial charge in [0.2, 0.25) is 12.3 Å². The van der Waals surface area contributed by atoms with E-state index in [4.69, 9.17) is 5.26 Å². The van der Waals surface area contributed by atoms with Crippen LogP contribution < -0.4 is 16.0 Å². The van der Waals surface area contributed by atoms with Gasteiger partial charge in [-0.15, -0.1) is 0 Å². The van der Waals surface area contributed by atoms with Gasteiger partial charge < -0.3 is 16.0 Å². The van der Waals surface area contributed by atoms with Gasteiger partial charge >= 0.3 is 0 Å². The summed E-state index contributed by atoms with van der Waals surface area (Å²) in [7, 11) is 0. The predicted molar refractivity (Wildman–Crippen MR) is 78.0 cm³/mol. The Bertz CT molecular complexity index is 431. The maximum absolute atomic E-state index is 11.1. The normalized spacial score (nSPS) is 32.8. The minimum absolute atomic E-state index is 0.0204. The van der Waals surface area contributed by atoms with Crippen LogP contribution in [0.25, 0.3) is 0 Å². The Labute approximate surface area is 125 Å². The number of nitrogens with one attached hydrogen (secondary N) is 3. The van der Waals surface area contributed by atoms with Crippen molar-refractivity contribution in [2.75, 3.05) is 19.6 Å². The largest absolute Gasteiger partial charge is 0.356 e. The standard InChI is InChI=1S/C8H11N3O2.C7H13N/c9-4-7(11-5-12)3-6-1-2-10-8(6)13;1-7(2)5-3-8-4-6(5)7/h5-7H,1-3H2,(H,10,13)(H,11,12);5-6,8H,3-4H2,1-2H3. The summed E-state index contributed by atoms with van der Waals surface area (Å²) in [6.45, 7) is 7.98. The second-order valence-electron chi connectivity index (χ2n) is 6.67. The van der Waals surface area contributed by atoms with Crippen LogP contribution in [0.15, 0.2) is 0 Å². The Balaban J connectivity index is 0.000000170. The van der Waals surface area contributed by atoms with Crippen molar-refractivity contribution in [1.29, 1.82) is 5.26 Å². The molecule has 4 unspecified atom stereocenters.